The van der Waals surface area contributed by atoms with Crippen molar-refractivity contribution in [3.05, 3.63) is 57.5 Å². The van der Waals surface area contributed by atoms with Crippen LogP contribution in [0, 0.1) is 0 Å². The van der Waals surface area contributed by atoms with E-state index < -0.39 is 6.04 Å². The average Bonchev–Trinajstić information content (AvgIpc) is 2.74. The molecule has 2 aromatic carbocycles. The minimum absolute atomic E-state index is 0.213. The van der Waals surface area contributed by atoms with Crippen molar-refractivity contribution in [2.24, 2.45) is 0 Å². The molecule has 2 rings (SSSR count). The molecule has 1 N–H and O–H groups in total. The zero-order chi connectivity index (χ0) is 22.1. The molecule has 6 nitrogen and oxygen atoms in total. The first kappa shape index (κ1) is 24.0. The third-order valence-corrected chi connectivity index (χ3v) is 5.24. The number of benzene rings is 2. The Morgan fingerprint density at radius 3 is 2.67 bits per heavy atom. The largest absolute Gasteiger partial charge is 0.497 e. The first-order valence-corrected chi connectivity index (χ1v) is 10.8. The first-order valence-electron chi connectivity index (χ1n) is 9.63. The van der Waals surface area contributed by atoms with Crippen LogP contribution >= 0.6 is 27.5 Å². The summed E-state index contributed by atoms with van der Waals surface area (Å²) in [6.07, 6.45) is 0.813. The van der Waals surface area contributed by atoms with Crippen molar-refractivity contribution in [2.45, 2.75) is 32.9 Å². The summed E-state index contributed by atoms with van der Waals surface area (Å²) < 4.78 is 11.7. The summed E-state index contributed by atoms with van der Waals surface area (Å²) in [4.78, 5) is 27.0. The van der Waals surface area contributed by atoms with E-state index in [9.17, 15) is 9.59 Å². The fourth-order valence-electron chi connectivity index (χ4n) is 2.76. The maximum atomic E-state index is 13.0. The molecular weight excluding hydrogens is 472 g/mol. The molecule has 1 unspecified atom stereocenters. The van der Waals surface area contributed by atoms with Crippen LogP contribution in [0.2, 0.25) is 5.02 Å². The number of nitrogens with one attached hydrogen (secondary N) is 1. The topological polar surface area (TPSA) is 67.9 Å². The lowest BCUT2D eigenvalue weighted by molar-refractivity contribution is -0.142. The van der Waals surface area contributed by atoms with Gasteiger partial charge in [0, 0.05) is 17.6 Å². The maximum Gasteiger partial charge on any atom is 0.261 e. The van der Waals surface area contributed by atoms with Crippen LogP contribution in [0.3, 0.4) is 0 Å². The fourth-order valence-corrected chi connectivity index (χ4v) is 3.49. The van der Waals surface area contributed by atoms with E-state index in [4.69, 9.17) is 21.1 Å². The summed E-state index contributed by atoms with van der Waals surface area (Å²) in [6.45, 7) is 4.23. The Labute approximate surface area is 190 Å². The summed E-state index contributed by atoms with van der Waals surface area (Å²) >= 11 is 9.50. The third-order valence-electron chi connectivity index (χ3n) is 4.45. The van der Waals surface area contributed by atoms with Gasteiger partial charge in [0.15, 0.2) is 6.61 Å². The van der Waals surface area contributed by atoms with Gasteiger partial charge < -0.3 is 19.7 Å². The van der Waals surface area contributed by atoms with Gasteiger partial charge in [-0.15, -0.1) is 0 Å². The van der Waals surface area contributed by atoms with Gasteiger partial charge in [-0.2, -0.15) is 0 Å². The molecule has 0 aliphatic heterocycles. The number of amides is 2. The fraction of sp³-hybridized carbons (Fsp3) is 0.364. The highest BCUT2D eigenvalue weighted by Gasteiger charge is 2.26. The lowest BCUT2D eigenvalue weighted by atomic mass is 10.1. The second-order valence-electron chi connectivity index (χ2n) is 6.70. The van der Waals surface area contributed by atoms with Gasteiger partial charge >= 0.3 is 0 Å². The molecule has 0 radical (unpaired) electrons. The van der Waals surface area contributed by atoms with Crippen LogP contribution in [-0.4, -0.2) is 43.0 Å². The lowest BCUT2D eigenvalue weighted by Gasteiger charge is -2.29. The van der Waals surface area contributed by atoms with Crippen LogP contribution < -0.4 is 14.8 Å². The van der Waals surface area contributed by atoms with Crippen molar-refractivity contribution in [1.82, 2.24) is 10.2 Å². The van der Waals surface area contributed by atoms with Gasteiger partial charge in [0.2, 0.25) is 5.91 Å². The molecule has 8 heteroatoms. The highest BCUT2D eigenvalue weighted by molar-refractivity contribution is 9.10. The number of hydrogen-bond donors (Lipinski definition) is 1. The van der Waals surface area contributed by atoms with E-state index in [1.807, 2.05) is 31.2 Å². The molecule has 0 heterocycles. The predicted octanol–water partition coefficient (Wildman–Crippen LogP) is 4.43. The number of rotatable bonds is 10. The van der Waals surface area contributed by atoms with Gasteiger partial charge in [-0.1, -0.05) is 46.6 Å². The molecule has 0 aromatic heterocycles. The number of halogens is 2. The minimum Gasteiger partial charge on any atom is -0.497 e. The Bertz CT molecular complexity index is 878. The predicted molar refractivity (Wildman–Crippen MR) is 121 cm³/mol. The van der Waals surface area contributed by atoms with Gasteiger partial charge in [0.25, 0.3) is 5.91 Å². The number of carbonyl (C=O) groups excluding carboxylic acids is 2. The zero-order valence-electron chi connectivity index (χ0n) is 17.3. The van der Waals surface area contributed by atoms with Gasteiger partial charge in [-0.05, 0) is 49.2 Å². The molecule has 2 amide bonds. The van der Waals surface area contributed by atoms with E-state index in [1.165, 1.54) is 4.90 Å². The molecule has 0 spiro atoms. The summed E-state index contributed by atoms with van der Waals surface area (Å²) in [5.74, 6) is 0.546. The Balaban J connectivity index is 2.17. The monoisotopic (exact) mass is 496 g/mol. The normalized spacial score (nSPS) is 11.5. The van der Waals surface area contributed by atoms with Crippen molar-refractivity contribution in [3.63, 3.8) is 0 Å². The lowest BCUT2D eigenvalue weighted by Crippen LogP contribution is -2.49. The minimum atomic E-state index is -0.667. The van der Waals surface area contributed by atoms with Gasteiger partial charge in [-0.3, -0.25) is 9.59 Å². The zero-order valence-corrected chi connectivity index (χ0v) is 19.6. The highest BCUT2D eigenvalue weighted by atomic mass is 79.9. The van der Waals surface area contributed by atoms with Crippen LogP contribution in [0.4, 0.5) is 0 Å². The van der Waals surface area contributed by atoms with E-state index in [0.717, 1.165) is 16.5 Å². The molecule has 0 aliphatic rings. The molecule has 0 aliphatic carbocycles. The Morgan fingerprint density at radius 2 is 2.00 bits per heavy atom. The molecule has 0 bridgehead atoms. The maximum absolute atomic E-state index is 13.0. The number of hydrogen-bond acceptors (Lipinski definition) is 4. The molecule has 0 fully saturated rings. The third kappa shape index (κ3) is 6.92. The van der Waals surface area contributed by atoms with E-state index in [2.05, 4.69) is 21.2 Å². The van der Waals surface area contributed by atoms with E-state index in [1.54, 1.807) is 32.2 Å². The van der Waals surface area contributed by atoms with Gasteiger partial charge in [0.1, 0.15) is 17.5 Å². The highest BCUT2D eigenvalue weighted by Crippen LogP contribution is 2.27. The molecule has 30 heavy (non-hydrogen) atoms. The molecule has 0 saturated carbocycles. The van der Waals surface area contributed by atoms with E-state index in [0.29, 0.717) is 23.1 Å². The van der Waals surface area contributed by atoms with Crippen LogP contribution in [0.5, 0.6) is 11.5 Å². The second kappa shape index (κ2) is 11.8. The standard InChI is InChI=1S/C22H26BrClN2O4/c1-4-10-25-22(28)15(2)26(13-16-6-5-7-18(11-16)29-3)21(27)14-30-20-9-8-17(23)12-19(20)24/h5-9,11-12,15H,4,10,13-14H2,1-3H3,(H,25,28). The summed E-state index contributed by atoms with van der Waals surface area (Å²) in [5.41, 5.74) is 0.847. The van der Waals surface area contributed by atoms with E-state index >= 15 is 0 Å². The van der Waals surface area contributed by atoms with Gasteiger partial charge in [-0.25, -0.2) is 0 Å². The second-order valence-corrected chi connectivity index (χ2v) is 8.03. The quantitative estimate of drug-likeness (QED) is 0.527. The summed E-state index contributed by atoms with van der Waals surface area (Å²) in [5, 5.41) is 3.23. The van der Waals surface area contributed by atoms with Crippen LogP contribution in [0.1, 0.15) is 25.8 Å². The molecular formula is C22H26BrClN2O4. The number of carbonyl (C=O) groups is 2. The Kier molecular flexibility index (Phi) is 9.46. The van der Waals surface area contributed by atoms with Crippen LogP contribution in [0.25, 0.3) is 0 Å². The SMILES string of the molecule is CCCNC(=O)C(C)N(Cc1cccc(OC)c1)C(=O)COc1ccc(Br)cc1Cl. The van der Waals surface area contributed by atoms with Crippen molar-refractivity contribution < 1.29 is 19.1 Å². The summed E-state index contributed by atoms with van der Waals surface area (Å²) in [7, 11) is 1.58. The molecule has 1 atom stereocenters. The van der Waals surface area contributed by atoms with Crippen molar-refractivity contribution >= 4 is 39.3 Å². The molecule has 2 aromatic rings. The Hall–Kier alpha value is -2.25. The number of nitrogens with zero attached hydrogens (tertiary/aromatic N) is 1. The van der Waals surface area contributed by atoms with Crippen molar-refractivity contribution in [3.8, 4) is 11.5 Å². The number of ether oxygens (including phenoxy) is 2. The van der Waals surface area contributed by atoms with Crippen molar-refractivity contribution in [1.29, 1.82) is 0 Å². The van der Waals surface area contributed by atoms with Crippen LogP contribution in [0.15, 0.2) is 46.9 Å². The summed E-state index contributed by atoms with van der Waals surface area (Å²) in [6, 6.07) is 11.9. The first-order chi connectivity index (χ1) is 14.3. The molecule has 0 saturated heterocycles. The molecule has 162 valence electrons. The smallest absolute Gasteiger partial charge is 0.261 e. The average molecular weight is 498 g/mol. The van der Waals surface area contributed by atoms with Crippen LogP contribution in [-0.2, 0) is 16.1 Å². The Morgan fingerprint density at radius 1 is 1.23 bits per heavy atom. The number of methoxy groups -OCH3 is 1. The van der Waals surface area contributed by atoms with Crippen molar-refractivity contribution in [2.75, 3.05) is 20.3 Å². The van der Waals surface area contributed by atoms with Gasteiger partial charge in [0.05, 0.1) is 12.1 Å². The van der Waals surface area contributed by atoms with E-state index in [-0.39, 0.29) is 25.0 Å².